The van der Waals surface area contributed by atoms with E-state index >= 15 is 0 Å². The average molecular weight is 1380 g/mol. The molecule has 5 aliphatic heterocycles. The largest absolute Gasteiger partial charge is 0.490 e. The molecule has 7 heterocycles. The van der Waals surface area contributed by atoms with E-state index in [9.17, 15) is 24.3 Å². The average Bonchev–Trinajstić information content (AvgIpc) is 1.34. The number of aliphatic hydroxyl groups is 1. The van der Waals surface area contributed by atoms with Gasteiger partial charge in [0.05, 0.1) is 29.5 Å². The normalized spacial score (nSPS) is 19.4. The summed E-state index contributed by atoms with van der Waals surface area (Å²) in [5.41, 5.74) is 7.15. The van der Waals surface area contributed by atoms with Crippen LogP contribution in [0.1, 0.15) is 138 Å². The minimum atomic E-state index is -0.694. The molecule has 6 aromatic carbocycles. The number of nitrogens with one attached hydrogen (secondary N) is 3. The van der Waals surface area contributed by atoms with Gasteiger partial charge in [0.2, 0.25) is 23.6 Å². The summed E-state index contributed by atoms with van der Waals surface area (Å²) < 4.78 is 16.8. The van der Waals surface area contributed by atoms with Crippen molar-refractivity contribution in [1.29, 1.82) is 0 Å². The fourth-order valence-corrected chi connectivity index (χ4v) is 15.1. The number of hydrogen-bond donors (Lipinski definition) is 4. The van der Waals surface area contributed by atoms with Crippen molar-refractivity contribution in [2.45, 2.75) is 178 Å². The topological polar surface area (TPSA) is 191 Å². The molecule has 540 valence electrons. The summed E-state index contributed by atoms with van der Waals surface area (Å²) >= 11 is 0. The van der Waals surface area contributed by atoms with Gasteiger partial charge < -0.3 is 45.1 Å². The number of rotatable bonds is 30. The van der Waals surface area contributed by atoms with Crippen LogP contribution >= 0.6 is 0 Å². The molecule has 8 aromatic rings. The van der Waals surface area contributed by atoms with E-state index in [4.69, 9.17) is 14.2 Å². The van der Waals surface area contributed by atoms with Gasteiger partial charge in [0.1, 0.15) is 49.0 Å². The number of aliphatic hydroxyl groups excluding tert-OH is 1. The predicted molar refractivity (Wildman–Crippen MR) is 405 cm³/mol. The van der Waals surface area contributed by atoms with Gasteiger partial charge in [-0.05, 0) is 225 Å². The van der Waals surface area contributed by atoms with E-state index in [-0.39, 0.29) is 66.3 Å². The molecular weight excluding hydrogens is 1270 g/mol. The van der Waals surface area contributed by atoms with Gasteiger partial charge in [-0.2, -0.15) is 0 Å². The SMILES string of the molecule is O=C(NC(CCCc1ccccc1)CCCc1ccccc1)C1CCCCN1C(=O)C1CCCN(C[C@@H](O)COc2cccc3ncccc23)C1.O=C(NC(CCCc1ccccc1)CCCc1ccccc1)C1CCCCN1C(=O)C1CCCNC1.c1cc(OC[C@H]2CO2)c2cccnc2c1. The van der Waals surface area contributed by atoms with Crippen LogP contribution in [0.5, 0.6) is 11.5 Å². The number of amides is 4. The molecular formula is C86H108N8O8. The molecule has 4 N–H and O–H groups in total. The number of hydrogen-bond acceptors (Lipinski definition) is 12. The molecule has 0 saturated carbocycles. The molecule has 6 atom stereocenters. The maximum Gasteiger partial charge on any atom is 0.243 e. The van der Waals surface area contributed by atoms with Crippen molar-refractivity contribution in [3.63, 3.8) is 0 Å². The summed E-state index contributed by atoms with van der Waals surface area (Å²) in [6.45, 7) is 6.52. The second-order valence-electron chi connectivity index (χ2n) is 28.5. The number of fused-ring (bicyclic) bond motifs is 2. The molecule has 5 fully saturated rings. The molecule has 16 heteroatoms. The zero-order chi connectivity index (χ0) is 70.3. The van der Waals surface area contributed by atoms with Crippen molar-refractivity contribution in [2.24, 2.45) is 11.8 Å². The summed E-state index contributed by atoms with van der Waals surface area (Å²) in [7, 11) is 0. The number of aromatic nitrogens is 2. The second kappa shape index (κ2) is 40.3. The molecule has 4 unspecified atom stereocenters. The standard InChI is InChI=1S/C43H54N4O4.C31H43N3O2.C12H11NO2/c48-37(32-51-41-26-11-24-39-38(41)23-12-27-44-39)31-46-28-13-20-35(30-46)43(50)47-29-8-7-25-40(47)42(49)45-36(21-9-18-33-14-3-1-4-15-33)22-10-19-34-16-5-2-6-17-34;35-30(29-21-7-8-23-34(29)31(36)27-18-11-22-32-24-27)33-28(19-9-16-25-12-3-1-4-13-25)20-10-17-26-14-5-2-6-15-26;1-4-11-10(3-2-6-13-11)12(5-1)15-8-9-7-14-9/h1-6,11-12,14-17,23-24,26-27,35-37,40,48H,7-10,13,18-22,25,28-32H2,(H,45,49);1-6,12-15,27-29,32H,7-11,16-24H2,(H,33,35);1-6,9H,7-8H2/t35?,37-,40?;;9-/m1.1/s1. The lowest BCUT2D eigenvalue weighted by Crippen LogP contribution is -2.56. The van der Waals surface area contributed by atoms with E-state index in [1.807, 2.05) is 82.6 Å². The van der Waals surface area contributed by atoms with E-state index in [1.54, 1.807) is 12.4 Å². The highest BCUT2D eigenvalue weighted by atomic mass is 16.6. The zero-order valence-electron chi connectivity index (χ0n) is 59.8. The molecule has 4 amide bonds. The molecule has 0 spiro atoms. The molecule has 0 aliphatic carbocycles. The number of benzene rings is 6. The number of aryl methyl sites for hydroxylation is 4. The Hall–Kier alpha value is -8.54. The first-order chi connectivity index (χ1) is 50.2. The highest BCUT2D eigenvalue weighted by Crippen LogP contribution is 2.30. The van der Waals surface area contributed by atoms with Gasteiger partial charge in [0.25, 0.3) is 0 Å². The third-order valence-electron chi connectivity index (χ3n) is 20.8. The van der Waals surface area contributed by atoms with Crippen LogP contribution < -0.4 is 25.4 Å². The van der Waals surface area contributed by atoms with Gasteiger partial charge in [-0.1, -0.05) is 133 Å². The van der Waals surface area contributed by atoms with Crippen molar-refractivity contribution in [1.82, 2.24) is 40.6 Å². The van der Waals surface area contributed by atoms with Gasteiger partial charge in [-0.25, -0.2) is 0 Å². The molecule has 0 radical (unpaired) electrons. The number of carbonyl (C=O) groups excluding carboxylic acids is 4. The van der Waals surface area contributed by atoms with Gasteiger partial charge in [0, 0.05) is 68.0 Å². The molecule has 5 saturated heterocycles. The van der Waals surface area contributed by atoms with Crippen LogP contribution in [0, 0.1) is 11.8 Å². The number of nitrogens with zero attached hydrogens (tertiary/aromatic N) is 5. The molecule has 5 aliphatic rings. The van der Waals surface area contributed by atoms with Crippen LogP contribution in [0.2, 0.25) is 0 Å². The lowest BCUT2D eigenvalue weighted by molar-refractivity contribution is -0.147. The molecule has 13 rings (SSSR count). The van der Waals surface area contributed by atoms with Crippen LogP contribution in [0.4, 0.5) is 0 Å². The summed E-state index contributed by atoms with van der Waals surface area (Å²) in [5, 5.41) is 23.1. The van der Waals surface area contributed by atoms with Crippen molar-refractivity contribution in [3.05, 3.63) is 217 Å². The number of epoxide rings is 1. The third kappa shape index (κ3) is 23.5. The Morgan fingerprint density at radius 1 is 0.500 bits per heavy atom. The van der Waals surface area contributed by atoms with E-state index in [2.05, 4.69) is 140 Å². The number of β-amino-alcohol motifs (C(OH)–C–C–N with tert-alkyl or cyclic N) is 1. The Kier molecular flexibility index (Phi) is 29.5. The minimum absolute atomic E-state index is 0.00338. The monoisotopic (exact) mass is 1380 g/mol. The maximum absolute atomic E-state index is 14.1. The van der Waals surface area contributed by atoms with Crippen LogP contribution in [0.25, 0.3) is 21.8 Å². The Bertz CT molecular complexity index is 3700. The van der Waals surface area contributed by atoms with E-state index in [0.29, 0.717) is 45.0 Å². The fraction of sp³-hybridized carbons (Fsp3) is 0.465. The van der Waals surface area contributed by atoms with Crippen molar-refractivity contribution in [2.75, 3.05) is 65.6 Å². The first-order valence-electron chi connectivity index (χ1n) is 38.2. The Balaban J connectivity index is 0.000000176. The lowest BCUT2D eigenvalue weighted by atomic mass is 9.92. The summed E-state index contributed by atoms with van der Waals surface area (Å²) in [6, 6.07) is 61.1. The Morgan fingerprint density at radius 3 is 1.40 bits per heavy atom. The van der Waals surface area contributed by atoms with Gasteiger partial charge in [-0.3, -0.25) is 34.0 Å². The molecule has 102 heavy (non-hydrogen) atoms. The number of pyridine rings is 2. The number of likely N-dealkylation sites (tertiary alicyclic amines) is 3. The highest BCUT2D eigenvalue weighted by Gasteiger charge is 2.39. The first-order valence-corrected chi connectivity index (χ1v) is 38.2. The predicted octanol–water partition coefficient (Wildman–Crippen LogP) is 13.5. The van der Waals surface area contributed by atoms with Crippen molar-refractivity contribution >= 4 is 45.4 Å². The minimum Gasteiger partial charge on any atom is -0.490 e. The summed E-state index contributed by atoms with van der Waals surface area (Å²) in [4.78, 5) is 69.6. The smallest absolute Gasteiger partial charge is 0.243 e. The lowest BCUT2D eigenvalue weighted by Gasteiger charge is -2.40. The second-order valence-corrected chi connectivity index (χ2v) is 28.5. The fourth-order valence-electron chi connectivity index (χ4n) is 15.1. The van der Waals surface area contributed by atoms with Crippen LogP contribution in [0.3, 0.4) is 0 Å². The number of ether oxygens (including phenoxy) is 3. The van der Waals surface area contributed by atoms with E-state index in [1.165, 1.54) is 22.3 Å². The van der Waals surface area contributed by atoms with Gasteiger partial charge in [-0.15, -0.1) is 0 Å². The summed E-state index contributed by atoms with van der Waals surface area (Å²) in [5.74, 6) is 1.72. The van der Waals surface area contributed by atoms with Crippen molar-refractivity contribution < 1.29 is 38.5 Å². The molecule has 0 bridgehead atoms. The molecule has 16 nitrogen and oxygen atoms in total. The maximum atomic E-state index is 14.1. The Labute approximate surface area is 604 Å². The van der Waals surface area contributed by atoms with Gasteiger partial charge >= 0.3 is 0 Å². The quantitative estimate of drug-likeness (QED) is 0.0312. The first kappa shape index (κ1) is 74.6. The zero-order valence-corrected chi connectivity index (χ0v) is 59.8. The van der Waals surface area contributed by atoms with Crippen LogP contribution in [-0.4, -0.2) is 155 Å². The van der Waals surface area contributed by atoms with E-state index in [0.717, 1.165) is 189 Å². The summed E-state index contributed by atoms with van der Waals surface area (Å²) in [6.07, 6.45) is 24.0. The van der Waals surface area contributed by atoms with E-state index < -0.39 is 12.1 Å². The number of carbonyl (C=O) groups is 4. The molecule has 2 aromatic heterocycles. The van der Waals surface area contributed by atoms with Crippen molar-refractivity contribution in [3.8, 4) is 11.5 Å². The Morgan fingerprint density at radius 2 is 0.951 bits per heavy atom. The van der Waals surface area contributed by atoms with Crippen LogP contribution in [-0.2, 0) is 49.6 Å². The van der Waals surface area contributed by atoms with Crippen LogP contribution in [0.15, 0.2) is 194 Å². The third-order valence-corrected chi connectivity index (χ3v) is 20.8. The number of piperidine rings is 4. The van der Waals surface area contributed by atoms with Gasteiger partial charge in [0.15, 0.2) is 0 Å². The highest BCUT2D eigenvalue weighted by molar-refractivity contribution is 5.90.